The van der Waals surface area contributed by atoms with Gasteiger partial charge in [-0.3, -0.25) is 0 Å². The third-order valence-corrected chi connectivity index (χ3v) is 5.18. The Bertz CT molecular complexity index is 719. The lowest BCUT2D eigenvalue weighted by atomic mass is 9.76. The first-order chi connectivity index (χ1) is 12.2. The van der Waals surface area contributed by atoms with Crippen molar-refractivity contribution in [3.63, 3.8) is 0 Å². The van der Waals surface area contributed by atoms with Gasteiger partial charge in [0, 0.05) is 6.61 Å². The molecule has 0 amide bonds. The average Bonchev–Trinajstić information content (AvgIpc) is 3.06. The molecule has 1 aliphatic rings. The Morgan fingerprint density at radius 1 is 1.24 bits per heavy atom. The summed E-state index contributed by atoms with van der Waals surface area (Å²) in [6, 6.07) is 7.85. The van der Waals surface area contributed by atoms with Gasteiger partial charge >= 0.3 is 0 Å². The quantitative estimate of drug-likeness (QED) is 0.767. The number of aromatic nitrogens is 3. The van der Waals surface area contributed by atoms with E-state index in [1.165, 1.54) is 0 Å². The van der Waals surface area contributed by atoms with Crippen LogP contribution in [0.25, 0.3) is 11.0 Å². The van der Waals surface area contributed by atoms with E-state index >= 15 is 0 Å². The minimum Gasteiger partial charge on any atom is -0.384 e. The number of unbranched alkanes of at least 4 members (excludes halogenated alkanes) is 1. The molecule has 5 nitrogen and oxygen atoms in total. The first kappa shape index (κ1) is 18.1. The van der Waals surface area contributed by atoms with E-state index in [4.69, 9.17) is 4.74 Å². The summed E-state index contributed by atoms with van der Waals surface area (Å²) in [5, 5.41) is 20.4. The van der Waals surface area contributed by atoms with Gasteiger partial charge in [-0.1, -0.05) is 56.0 Å². The smallest absolute Gasteiger partial charge is 0.211 e. The number of fused-ring (bicyclic) bond motifs is 1. The molecule has 0 radical (unpaired) electrons. The van der Waals surface area contributed by atoms with Crippen molar-refractivity contribution in [1.82, 2.24) is 15.0 Å². The highest BCUT2D eigenvalue weighted by atomic mass is 16.5. The minimum absolute atomic E-state index is 0.493. The molecule has 1 atom stereocenters. The van der Waals surface area contributed by atoms with Gasteiger partial charge in [-0.05, 0) is 44.4 Å². The highest BCUT2D eigenvalue weighted by Gasteiger charge is 2.53. The Kier molecular flexibility index (Phi) is 5.54. The number of aliphatic hydroxyl groups is 1. The van der Waals surface area contributed by atoms with Crippen LogP contribution in [0.3, 0.4) is 0 Å². The van der Waals surface area contributed by atoms with Crippen molar-refractivity contribution in [3.05, 3.63) is 36.4 Å². The van der Waals surface area contributed by atoms with Crippen molar-refractivity contribution in [2.75, 3.05) is 6.61 Å². The van der Waals surface area contributed by atoms with Crippen LogP contribution in [-0.2, 0) is 10.5 Å². The lowest BCUT2D eigenvalue weighted by Gasteiger charge is -2.47. The van der Waals surface area contributed by atoms with Gasteiger partial charge < -0.3 is 9.84 Å². The van der Waals surface area contributed by atoms with Crippen LogP contribution in [0.2, 0.25) is 0 Å². The van der Waals surface area contributed by atoms with Crippen molar-refractivity contribution in [1.29, 1.82) is 0 Å². The molecule has 25 heavy (non-hydrogen) atoms. The van der Waals surface area contributed by atoms with Crippen molar-refractivity contribution < 1.29 is 9.84 Å². The summed E-state index contributed by atoms with van der Waals surface area (Å²) in [6.07, 6.45) is 10.7. The van der Waals surface area contributed by atoms with E-state index in [1.54, 1.807) is 4.68 Å². The van der Waals surface area contributed by atoms with Crippen molar-refractivity contribution in [3.8, 4) is 0 Å². The van der Waals surface area contributed by atoms with Crippen LogP contribution < -0.4 is 0 Å². The molecular formula is C20H29N3O2. The molecule has 1 fully saturated rings. The largest absolute Gasteiger partial charge is 0.384 e. The second kappa shape index (κ2) is 7.67. The highest BCUT2D eigenvalue weighted by molar-refractivity contribution is 5.74. The Hall–Kier alpha value is -1.72. The van der Waals surface area contributed by atoms with Crippen LogP contribution in [0.5, 0.6) is 0 Å². The maximum atomic E-state index is 11.7. The first-order valence-corrected chi connectivity index (χ1v) is 9.52. The highest BCUT2D eigenvalue weighted by Crippen LogP contribution is 2.44. The van der Waals surface area contributed by atoms with Crippen LogP contribution >= 0.6 is 0 Å². The lowest BCUT2D eigenvalue weighted by molar-refractivity contribution is -0.218. The van der Waals surface area contributed by atoms with Crippen LogP contribution in [0.4, 0.5) is 0 Å². The number of rotatable bonds is 7. The molecule has 1 unspecified atom stereocenters. The standard InChI is InChI=1S/C20H29N3O2/c1-3-5-9-16-20(25-4-2,19(24)14-10-6-11-15-19)23-18-13-8-7-12-17(18)21-22-23/h7-9,12-13,16,24H,3-6,10-11,14-15H2,1-2H3/b16-9+. The number of hydrogen-bond acceptors (Lipinski definition) is 4. The van der Waals surface area contributed by atoms with Crippen molar-refractivity contribution in [2.45, 2.75) is 70.1 Å². The van der Waals surface area contributed by atoms with E-state index < -0.39 is 11.3 Å². The van der Waals surface area contributed by atoms with Crippen molar-refractivity contribution in [2.24, 2.45) is 0 Å². The van der Waals surface area contributed by atoms with Crippen LogP contribution in [0.1, 0.15) is 58.8 Å². The second-order valence-corrected chi connectivity index (χ2v) is 6.90. The minimum atomic E-state index is -1.02. The van der Waals surface area contributed by atoms with Gasteiger partial charge in [0.1, 0.15) is 11.1 Å². The molecule has 2 aromatic rings. The summed E-state index contributed by atoms with van der Waals surface area (Å²) in [6.45, 7) is 4.60. The first-order valence-electron chi connectivity index (χ1n) is 9.52. The maximum Gasteiger partial charge on any atom is 0.211 e. The Labute approximate surface area is 149 Å². The SMILES string of the molecule is CCC/C=C/C(OCC)(n1nnc2ccccc21)C1(O)CCCCC1. The van der Waals surface area contributed by atoms with Crippen LogP contribution in [0.15, 0.2) is 36.4 Å². The monoisotopic (exact) mass is 343 g/mol. The van der Waals surface area contributed by atoms with E-state index in [0.717, 1.165) is 43.1 Å². The fraction of sp³-hybridized carbons (Fsp3) is 0.600. The molecular weight excluding hydrogens is 314 g/mol. The third-order valence-electron chi connectivity index (χ3n) is 5.18. The molecule has 1 N–H and O–H groups in total. The summed E-state index contributed by atoms with van der Waals surface area (Å²) in [5.74, 6) is 0. The lowest BCUT2D eigenvalue weighted by Crippen LogP contribution is -2.57. The number of benzene rings is 1. The third kappa shape index (κ3) is 3.23. The molecule has 0 aliphatic heterocycles. The molecule has 1 aromatic carbocycles. The second-order valence-electron chi connectivity index (χ2n) is 6.90. The molecule has 1 aromatic heterocycles. The summed E-state index contributed by atoms with van der Waals surface area (Å²) in [7, 11) is 0. The van der Waals surface area contributed by atoms with Crippen LogP contribution in [-0.4, -0.2) is 32.3 Å². The van der Waals surface area contributed by atoms with Gasteiger partial charge in [-0.2, -0.15) is 0 Å². The Balaban J connectivity index is 2.18. The zero-order valence-electron chi connectivity index (χ0n) is 15.3. The number of para-hydroxylation sites is 1. The molecule has 1 heterocycles. The fourth-order valence-electron chi connectivity index (χ4n) is 3.91. The predicted molar refractivity (Wildman–Crippen MR) is 99.2 cm³/mol. The van der Waals surface area contributed by atoms with E-state index in [2.05, 4.69) is 23.3 Å². The summed E-state index contributed by atoms with van der Waals surface area (Å²) >= 11 is 0. The average molecular weight is 343 g/mol. The van der Waals surface area contributed by atoms with E-state index in [9.17, 15) is 5.11 Å². The summed E-state index contributed by atoms with van der Waals surface area (Å²) in [5.41, 5.74) is -0.305. The van der Waals surface area contributed by atoms with E-state index in [-0.39, 0.29) is 0 Å². The normalized spacial score (nSPS) is 20.1. The topological polar surface area (TPSA) is 60.2 Å². The summed E-state index contributed by atoms with van der Waals surface area (Å²) in [4.78, 5) is 0. The summed E-state index contributed by atoms with van der Waals surface area (Å²) < 4.78 is 8.09. The molecule has 1 saturated carbocycles. The molecule has 3 rings (SSSR count). The van der Waals surface area contributed by atoms with Gasteiger partial charge in [0.15, 0.2) is 0 Å². The van der Waals surface area contributed by atoms with Gasteiger partial charge in [0.05, 0.1) is 5.52 Å². The Morgan fingerprint density at radius 3 is 2.72 bits per heavy atom. The van der Waals surface area contributed by atoms with Gasteiger partial charge in [0.2, 0.25) is 5.72 Å². The molecule has 136 valence electrons. The van der Waals surface area contributed by atoms with Gasteiger partial charge in [-0.25, -0.2) is 4.68 Å². The molecule has 5 heteroatoms. The number of hydrogen-bond donors (Lipinski definition) is 1. The fourth-order valence-corrected chi connectivity index (χ4v) is 3.91. The molecule has 1 aliphatic carbocycles. The van der Waals surface area contributed by atoms with E-state index in [0.29, 0.717) is 19.4 Å². The number of allylic oxidation sites excluding steroid dienone is 1. The molecule has 0 bridgehead atoms. The maximum absolute atomic E-state index is 11.7. The zero-order valence-corrected chi connectivity index (χ0v) is 15.3. The zero-order chi connectivity index (χ0) is 17.8. The van der Waals surface area contributed by atoms with Gasteiger partial charge in [0.25, 0.3) is 0 Å². The number of ether oxygens (including phenoxy) is 1. The Morgan fingerprint density at radius 2 is 2.00 bits per heavy atom. The molecule has 0 saturated heterocycles. The van der Waals surface area contributed by atoms with Crippen LogP contribution in [0, 0.1) is 0 Å². The van der Waals surface area contributed by atoms with Gasteiger partial charge in [-0.15, -0.1) is 5.10 Å². The number of nitrogens with zero attached hydrogens (tertiary/aromatic N) is 3. The predicted octanol–water partition coefficient (Wildman–Crippen LogP) is 4.17. The molecule has 0 spiro atoms. The van der Waals surface area contributed by atoms with Crippen molar-refractivity contribution >= 4 is 11.0 Å². The van der Waals surface area contributed by atoms with E-state index in [1.807, 2.05) is 37.3 Å².